The Bertz CT molecular complexity index is 2540. The smallest absolute Gasteiger partial charge is 0.205 e. The van der Waals surface area contributed by atoms with Crippen molar-refractivity contribution in [1.82, 2.24) is 0 Å². The van der Waals surface area contributed by atoms with Crippen molar-refractivity contribution in [2.75, 3.05) is 0 Å². The number of benzene rings is 4. The standard InChI is InChI=1S/C36H6F12N6/c1-52-32(12-3-5-14(9-50)17(38)7-12)21-34(20-24(41)28(45)31(48)29(46)25(20)42)54-35-18(15(10-51)11-2-4-13(8-49)16(37)6-11)33(53-36(21)35)19-22(39)26(43)30(47)27(44)23(19)40/h2-7H/b18-15-,32-21+. The topological polar surface area (TPSA) is 100 Å². The minimum Gasteiger partial charge on any atom is -0.246 e. The van der Waals surface area contributed by atoms with Gasteiger partial charge in [-0.15, -0.1) is 0 Å². The van der Waals surface area contributed by atoms with Crippen molar-refractivity contribution >= 4 is 22.7 Å². The van der Waals surface area contributed by atoms with Crippen molar-refractivity contribution in [2.45, 2.75) is 0 Å². The van der Waals surface area contributed by atoms with Crippen LogP contribution >= 0.6 is 0 Å². The molecule has 2 heterocycles. The summed E-state index contributed by atoms with van der Waals surface area (Å²) in [7, 11) is 0. The van der Waals surface area contributed by atoms with Gasteiger partial charge in [-0.1, -0.05) is 12.1 Å². The summed E-state index contributed by atoms with van der Waals surface area (Å²) in [6.07, 6.45) is 0. The molecule has 264 valence electrons. The van der Waals surface area contributed by atoms with Crippen LogP contribution in [0.2, 0.25) is 0 Å². The van der Waals surface area contributed by atoms with Crippen LogP contribution in [0.4, 0.5) is 52.7 Å². The van der Waals surface area contributed by atoms with Crippen LogP contribution in [0.3, 0.4) is 0 Å². The quantitative estimate of drug-likeness (QED) is 0.0685. The highest BCUT2D eigenvalue weighted by Gasteiger charge is 2.43. The first kappa shape index (κ1) is 36.4. The molecule has 0 fully saturated rings. The Kier molecular flexibility index (Phi) is 8.94. The van der Waals surface area contributed by atoms with Gasteiger partial charge in [-0.25, -0.2) is 67.5 Å². The molecule has 54 heavy (non-hydrogen) atoms. The summed E-state index contributed by atoms with van der Waals surface area (Å²) in [6.45, 7) is 7.86. The number of rotatable bonds is 4. The van der Waals surface area contributed by atoms with Gasteiger partial charge in [-0.2, -0.15) is 15.8 Å². The molecule has 0 aromatic heterocycles. The average Bonchev–Trinajstić information content (AvgIpc) is 3.69. The minimum absolute atomic E-state index is 0.517. The van der Waals surface area contributed by atoms with Gasteiger partial charge < -0.3 is 0 Å². The lowest BCUT2D eigenvalue weighted by molar-refractivity contribution is 0.377. The van der Waals surface area contributed by atoms with Gasteiger partial charge in [0, 0.05) is 11.1 Å². The number of hydrogen-bond acceptors (Lipinski definition) is 5. The molecule has 0 aliphatic carbocycles. The molecule has 0 spiro atoms. The summed E-state index contributed by atoms with van der Waals surface area (Å²) in [6, 6.07) is 8.86. The van der Waals surface area contributed by atoms with Crippen molar-refractivity contribution < 1.29 is 52.7 Å². The van der Waals surface area contributed by atoms with Crippen LogP contribution in [0, 0.1) is 110 Å². The third-order valence-corrected chi connectivity index (χ3v) is 7.96. The van der Waals surface area contributed by atoms with Gasteiger partial charge in [0.25, 0.3) is 0 Å². The van der Waals surface area contributed by atoms with Gasteiger partial charge in [0.15, 0.2) is 46.5 Å². The van der Waals surface area contributed by atoms with Crippen LogP contribution in [0.15, 0.2) is 68.9 Å². The van der Waals surface area contributed by atoms with E-state index in [1.165, 1.54) is 18.2 Å². The van der Waals surface area contributed by atoms with E-state index in [2.05, 4.69) is 14.8 Å². The Morgan fingerprint density at radius 2 is 0.889 bits per heavy atom. The third-order valence-electron chi connectivity index (χ3n) is 7.96. The number of halogens is 12. The van der Waals surface area contributed by atoms with E-state index in [4.69, 9.17) is 17.1 Å². The van der Waals surface area contributed by atoms with Gasteiger partial charge in [0.2, 0.25) is 17.3 Å². The molecule has 6 rings (SSSR count). The molecule has 0 N–H and O–H groups in total. The summed E-state index contributed by atoms with van der Waals surface area (Å²) >= 11 is 0. The average molecular weight is 750 g/mol. The Balaban J connectivity index is 1.83. The second-order valence-corrected chi connectivity index (χ2v) is 10.8. The van der Waals surface area contributed by atoms with Crippen molar-refractivity contribution in [3.05, 3.63) is 174 Å². The largest absolute Gasteiger partial charge is 0.246 e. The molecular formula is C36H6F12N6. The van der Waals surface area contributed by atoms with E-state index in [-0.39, 0.29) is 0 Å². The molecule has 0 radical (unpaired) electrons. The third kappa shape index (κ3) is 5.28. The summed E-state index contributed by atoms with van der Waals surface area (Å²) in [4.78, 5) is 10.9. The molecule has 0 atom stereocenters. The Morgan fingerprint density at radius 3 is 1.28 bits per heavy atom. The molecule has 2 aliphatic heterocycles. The van der Waals surface area contributed by atoms with Gasteiger partial charge in [-0.05, 0) is 35.4 Å². The molecule has 0 unspecified atom stereocenters. The van der Waals surface area contributed by atoms with Gasteiger partial charge >= 0.3 is 0 Å². The second kappa shape index (κ2) is 13.3. The Hall–Kier alpha value is -7.44. The highest BCUT2D eigenvalue weighted by atomic mass is 19.2. The fraction of sp³-hybridized carbons (Fsp3) is 0. The van der Waals surface area contributed by atoms with Gasteiger partial charge in [-0.3, -0.25) is 0 Å². The normalized spacial score (nSPS) is 15.2. The van der Waals surface area contributed by atoms with Gasteiger partial charge in [0.1, 0.15) is 29.8 Å². The zero-order valence-corrected chi connectivity index (χ0v) is 25.7. The van der Waals surface area contributed by atoms with E-state index in [1.807, 2.05) is 0 Å². The van der Waals surface area contributed by atoms with Crippen molar-refractivity contribution in [3.8, 4) is 18.2 Å². The number of nitrogens with zero attached hydrogens (tertiary/aromatic N) is 6. The molecule has 18 heteroatoms. The summed E-state index contributed by atoms with van der Waals surface area (Å²) < 4.78 is 178. The molecule has 2 aliphatic rings. The first-order valence-corrected chi connectivity index (χ1v) is 14.3. The molecule has 0 amide bonds. The minimum atomic E-state index is -2.64. The number of nitriles is 3. The van der Waals surface area contributed by atoms with Crippen LogP contribution in [-0.4, -0.2) is 11.4 Å². The second-order valence-electron chi connectivity index (χ2n) is 10.8. The van der Waals surface area contributed by atoms with E-state index < -0.39 is 148 Å². The summed E-state index contributed by atoms with van der Waals surface area (Å²) in [5, 5.41) is 28.6. The van der Waals surface area contributed by atoms with E-state index in [1.54, 1.807) is 0 Å². The Labute approximate surface area is 292 Å². The van der Waals surface area contributed by atoms with Crippen molar-refractivity contribution in [2.24, 2.45) is 9.98 Å². The molecular weight excluding hydrogens is 744 g/mol. The lowest BCUT2D eigenvalue weighted by atomic mass is 9.91. The van der Waals surface area contributed by atoms with Crippen LogP contribution in [0.5, 0.6) is 0 Å². The highest BCUT2D eigenvalue weighted by Crippen LogP contribution is 2.47. The van der Waals surface area contributed by atoms with Crippen LogP contribution in [0.1, 0.15) is 33.4 Å². The maximum atomic E-state index is 15.4. The zero-order chi connectivity index (χ0) is 39.5. The Morgan fingerprint density at radius 1 is 0.519 bits per heavy atom. The highest BCUT2D eigenvalue weighted by molar-refractivity contribution is 6.30. The van der Waals surface area contributed by atoms with Crippen molar-refractivity contribution in [3.63, 3.8) is 0 Å². The van der Waals surface area contributed by atoms with Gasteiger partial charge in [0.05, 0.1) is 57.2 Å². The number of hydrogen-bond donors (Lipinski definition) is 0. The van der Waals surface area contributed by atoms with E-state index in [0.717, 1.165) is 24.3 Å². The fourth-order valence-corrected chi connectivity index (χ4v) is 5.51. The molecule has 0 bridgehead atoms. The predicted octanol–water partition coefficient (Wildman–Crippen LogP) is 8.92. The summed E-state index contributed by atoms with van der Waals surface area (Å²) in [5.41, 5.74) is -14.9. The van der Waals surface area contributed by atoms with Crippen molar-refractivity contribution in [1.29, 1.82) is 15.8 Å². The predicted molar refractivity (Wildman–Crippen MR) is 161 cm³/mol. The molecule has 0 saturated carbocycles. The summed E-state index contributed by atoms with van der Waals surface area (Å²) in [5.74, 6) is -28.2. The fourth-order valence-electron chi connectivity index (χ4n) is 5.51. The van der Waals surface area contributed by atoms with E-state index >= 15 is 17.6 Å². The zero-order valence-electron chi connectivity index (χ0n) is 25.7. The lowest BCUT2D eigenvalue weighted by Crippen LogP contribution is -2.17. The molecule has 6 nitrogen and oxygen atoms in total. The maximum absolute atomic E-state index is 15.4. The van der Waals surface area contributed by atoms with Crippen LogP contribution in [-0.2, 0) is 0 Å². The number of allylic oxidation sites excluding steroid dienone is 3. The van der Waals surface area contributed by atoms with E-state index in [9.17, 15) is 40.4 Å². The molecule has 4 aromatic carbocycles. The maximum Gasteiger partial charge on any atom is 0.205 e. The molecule has 4 aromatic rings. The van der Waals surface area contributed by atoms with Crippen LogP contribution < -0.4 is 0 Å². The van der Waals surface area contributed by atoms with Crippen LogP contribution in [0.25, 0.3) is 16.1 Å². The monoisotopic (exact) mass is 750 g/mol. The molecule has 0 saturated heterocycles. The first-order chi connectivity index (χ1) is 25.6. The number of aliphatic imine (C=N–C) groups is 2. The van der Waals surface area contributed by atoms with E-state index in [0.29, 0.717) is 12.1 Å². The first-order valence-electron chi connectivity index (χ1n) is 14.3. The lowest BCUT2D eigenvalue weighted by Gasteiger charge is -2.15. The SMILES string of the molecule is [C-]#[N+]/C(=C1\C(c2c(F)c(F)c(F)c(F)c2F)=NC2=C1N=C(c1c(F)c(F)c(F)c(F)c1F)/C2=C(\C#N)c1ccc(C#N)c(F)c1)c1ccc(C#N)c(F)c1.